The summed E-state index contributed by atoms with van der Waals surface area (Å²) in [7, 11) is -0.960. The SMILES string of the molecule is CC[C@H](C)NC(=O)COC(=O)c1cc(S(=O)(=O)N(C)C)ccc1Cl. The van der Waals surface area contributed by atoms with Crippen molar-refractivity contribution in [2.45, 2.75) is 31.2 Å². The topological polar surface area (TPSA) is 92.8 Å². The zero-order valence-corrected chi connectivity index (χ0v) is 15.6. The van der Waals surface area contributed by atoms with Crippen LogP contribution in [0.5, 0.6) is 0 Å². The summed E-state index contributed by atoms with van der Waals surface area (Å²) in [4.78, 5) is 23.6. The van der Waals surface area contributed by atoms with E-state index in [1.807, 2.05) is 13.8 Å². The van der Waals surface area contributed by atoms with Crippen LogP contribution in [0.4, 0.5) is 0 Å². The van der Waals surface area contributed by atoms with Gasteiger partial charge in [-0.3, -0.25) is 4.79 Å². The first-order valence-electron chi connectivity index (χ1n) is 7.28. The van der Waals surface area contributed by atoms with E-state index in [1.54, 1.807) is 0 Å². The second-order valence-electron chi connectivity index (χ2n) is 5.38. The number of carbonyl (C=O) groups excluding carboxylic acids is 2. The van der Waals surface area contributed by atoms with E-state index in [9.17, 15) is 18.0 Å². The van der Waals surface area contributed by atoms with Crippen molar-refractivity contribution >= 4 is 33.5 Å². The second-order valence-corrected chi connectivity index (χ2v) is 7.94. The molecule has 0 aliphatic carbocycles. The molecule has 1 atom stereocenters. The molecule has 1 N–H and O–H groups in total. The number of hydrogen-bond acceptors (Lipinski definition) is 5. The number of carbonyl (C=O) groups is 2. The summed E-state index contributed by atoms with van der Waals surface area (Å²) < 4.78 is 30.1. The first-order chi connectivity index (χ1) is 11.1. The van der Waals surface area contributed by atoms with E-state index in [1.165, 1.54) is 26.2 Å². The largest absolute Gasteiger partial charge is 0.452 e. The maximum atomic E-state index is 12.1. The molecule has 9 heteroatoms. The van der Waals surface area contributed by atoms with Gasteiger partial charge in [-0.2, -0.15) is 0 Å². The number of esters is 1. The third kappa shape index (κ3) is 5.19. The van der Waals surface area contributed by atoms with Crippen LogP contribution in [-0.4, -0.2) is 51.3 Å². The number of sulfonamides is 1. The summed E-state index contributed by atoms with van der Waals surface area (Å²) in [5.74, 6) is -1.30. The van der Waals surface area contributed by atoms with Gasteiger partial charge in [0.05, 0.1) is 15.5 Å². The van der Waals surface area contributed by atoms with Gasteiger partial charge in [-0.15, -0.1) is 0 Å². The van der Waals surface area contributed by atoms with Gasteiger partial charge in [-0.05, 0) is 31.5 Å². The van der Waals surface area contributed by atoms with Crippen LogP contribution in [0.15, 0.2) is 23.1 Å². The zero-order valence-electron chi connectivity index (χ0n) is 14.0. The molecular weight excluding hydrogens is 356 g/mol. The summed E-state index contributed by atoms with van der Waals surface area (Å²) in [6.45, 7) is 3.27. The molecule has 1 aromatic rings. The number of rotatable bonds is 7. The van der Waals surface area contributed by atoms with Gasteiger partial charge in [0.2, 0.25) is 10.0 Å². The Balaban J connectivity index is 2.90. The Morgan fingerprint density at radius 3 is 2.50 bits per heavy atom. The maximum absolute atomic E-state index is 12.1. The van der Waals surface area contributed by atoms with Gasteiger partial charge in [0.1, 0.15) is 0 Å². The summed E-state index contributed by atoms with van der Waals surface area (Å²) in [6, 6.07) is 3.69. The van der Waals surface area contributed by atoms with E-state index in [2.05, 4.69) is 5.32 Å². The highest BCUT2D eigenvalue weighted by Gasteiger charge is 2.22. The molecule has 24 heavy (non-hydrogen) atoms. The van der Waals surface area contributed by atoms with Crippen molar-refractivity contribution in [3.8, 4) is 0 Å². The summed E-state index contributed by atoms with van der Waals surface area (Å²) in [6.07, 6.45) is 0.746. The Morgan fingerprint density at radius 2 is 1.96 bits per heavy atom. The van der Waals surface area contributed by atoms with E-state index in [0.717, 1.165) is 16.8 Å². The van der Waals surface area contributed by atoms with Crippen LogP contribution in [0.3, 0.4) is 0 Å². The third-order valence-electron chi connectivity index (χ3n) is 3.29. The minimum absolute atomic E-state index is 0.0339. The number of nitrogens with zero attached hydrogens (tertiary/aromatic N) is 1. The Hall–Kier alpha value is -1.64. The number of nitrogens with one attached hydrogen (secondary N) is 1. The number of ether oxygens (including phenoxy) is 1. The molecule has 0 unspecified atom stereocenters. The average molecular weight is 377 g/mol. The molecule has 7 nitrogen and oxygen atoms in total. The van der Waals surface area contributed by atoms with Crippen molar-refractivity contribution in [1.82, 2.24) is 9.62 Å². The number of hydrogen-bond donors (Lipinski definition) is 1. The molecule has 0 saturated carbocycles. The first kappa shape index (κ1) is 20.4. The van der Waals surface area contributed by atoms with Crippen LogP contribution >= 0.6 is 11.6 Å². The fraction of sp³-hybridized carbons (Fsp3) is 0.467. The number of benzene rings is 1. The second kappa shape index (κ2) is 8.46. The normalized spacial score (nSPS) is 12.8. The molecule has 1 aromatic carbocycles. The Morgan fingerprint density at radius 1 is 1.33 bits per heavy atom. The van der Waals surface area contributed by atoms with Crippen LogP contribution in [-0.2, 0) is 19.6 Å². The minimum Gasteiger partial charge on any atom is -0.452 e. The van der Waals surface area contributed by atoms with Gasteiger partial charge in [-0.1, -0.05) is 18.5 Å². The lowest BCUT2D eigenvalue weighted by Crippen LogP contribution is -2.35. The highest BCUT2D eigenvalue weighted by Crippen LogP contribution is 2.22. The van der Waals surface area contributed by atoms with Crippen LogP contribution in [0, 0.1) is 0 Å². The Kier molecular flexibility index (Phi) is 7.19. The predicted molar refractivity (Wildman–Crippen MR) is 90.5 cm³/mol. The average Bonchev–Trinajstić information content (AvgIpc) is 2.52. The van der Waals surface area contributed by atoms with Gasteiger partial charge < -0.3 is 10.1 Å². The molecule has 0 aliphatic rings. The molecule has 134 valence electrons. The molecule has 0 spiro atoms. The van der Waals surface area contributed by atoms with Crippen molar-refractivity contribution in [3.05, 3.63) is 28.8 Å². The monoisotopic (exact) mass is 376 g/mol. The molecule has 0 heterocycles. The van der Waals surface area contributed by atoms with Gasteiger partial charge in [0.15, 0.2) is 6.61 Å². The predicted octanol–water partition coefficient (Wildman–Crippen LogP) is 1.66. The van der Waals surface area contributed by atoms with Crippen molar-refractivity contribution in [3.63, 3.8) is 0 Å². The van der Waals surface area contributed by atoms with E-state index in [-0.39, 0.29) is 21.5 Å². The van der Waals surface area contributed by atoms with E-state index in [0.29, 0.717) is 0 Å². The summed E-state index contributed by atoms with van der Waals surface area (Å²) in [5.41, 5.74) is -0.115. The molecule has 0 aliphatic heterocycles. The van der Waals surface area contributed by atoms with Gasteiger partial charge in [0.25, 0.3) is 5.91 Å². The lowest BCUT2D eigenvalue weighted by molar-refractivity contribution is -0.124. The van der Waals surface area contributed by atoms with Crippen molar-refractivity contribution < 1.29 is 22.7 Å². The van der Waals surface area contributed by atoms with Crippen LogP contribution in [0.25, 0.3) is 0 Å². The van der Waals surface area contributed by atoms with E-state index < -0.39 is 28.5 Å². The van der Waals surface area contributed by atoms with Crippen LogP contribution < -0.4 is 5.32 Å². The lowest BCUT2D eigenvalue weighted by atomic mass is 10.2. The van der Waals surface area contributed by atoms with Crippen LogP contribution in [0.2, 0.25) is 5.02 Å². The highest BCUT2D eigenvalue weighted by molar-refractivity contribution is 7.89. The van der Waals surface area contributed by atoms with Gasteiger partial charge in [0, 0.05) is 20.1 Å². The quantitative estimate of drug-likeness (QED) is 0.730. The molecule has 0 radical (unpaired) electrons. The first-order valence-corrected chi connectivity index (χ1v) is 9.10. The molecular formula is C15H21ClN2O5S. The minimum atomic E-state index is -3.71. The van der Waals surface area contributed by atoms with E-state index in [4.69, 9.17) is 16.3 Å². The smallest absolute Gasteiger partial charge is 0.340 e. The molecule has 0 bridgehead atoms. The maximum Gasteiger partial charge on any atom is 0.340 e. The molecule has 1 amide bonds. The standard InChI is InChI=1S/C15H21ClN2O5S/c1-5-10(2)17-14(19)9-23-15(20)12-8-11(6-7-13(12)16)24(21,22)18(3)4/h6-8,10H,5,9H2,1-4H3,(H,17,19)/t10-/m0/s1. The van der Waals surface area contributed by atoms with Crippen molar-refractivity contribution in [1.29, 1.82) is 0 Å². The van der Waals surface area contributed by atoms with E-state index >= 15 is 0 Å². The molecule has 0 fully saturated rings. The fourth-order valence-electron chi connectivity index (χ4n) is 1.66. The Labute approximate surface area is 147 Å². The highest BCUT2D eigenvalue weighted by atomic mass is 35.5. The molecule has 0 saturated heterocycles. The van der Waals surface area contributed by atoms with Gasteiger partial charge in [-0.25, -0.2) is 17.5 Å². The molecule has 0 aromatic heterocycles. The van der Waals surface area contributed by atoms with Crippen molar-refractivity contribution in [2.24, 2.45) is 0 Å². The number of amides is 1. The number of halogens is 1. The Bertz CT molecular complexity index is 719. The van der Waals surface area contributed by atoms with Gasteiger partial charge >= 0.3 is 5.97 Å². The summed E-state index contributed by atoms with van der Waals surface area (Å²) >= 11 is 5.93. The summed E-state index contributed by atoms with van der Waals surface area (Å²) in [5, 5.41) is 2.69. The lowest BCUT2D eigenvalue weighted by Gasteiger charge is -2.14. The van der Waals surface area contributed by atoms with Crippen molar-refractivity contribution in [2.75, 3.05) is 20.7 Å². The van der Waals surface area contributed by atoms with Crippen LogP contribution in [0.1, 0.15) is 30.6 Å². The fourth-order valence-corrected chi connectivity index (χ4v) is 2.78. The third-order valence-corrected chi connectivity index (χ3v) is 5.43. The molecule has 1 rings (SSSR count). The zero-order chi connectivity index (χ0) is 18.5.